The average molecular weight is 320 g/mol. The molecule has 0 spiro atoms. The van der Waals surface area contributed by atoms with E-state index in [2.05, 4.69) is 5.32 Å². The molecule has 1 saturated carbocycles. The van der Waals surface area contributed by atoms with Gasteiger partial charge in [0.05, 0.1) is 32.4 Å². The van der Waals surface area contributed by atoms with E-state index >= 15 is 0 Å². The van der Waals surface area contributed by atoms with Crippen molar-refractivity contribution in [2.75, 3.05) is 26.2 Å². The highest BCUT2D eigenvalue weighted by molar-refractivity contribution is 5.91. The zero-order valence-corrected chi connectivity index (χ0v) is 13.7. The fraction of sp³-hybridized carbons (Fsp3) is 0.647. The number of furan rings is 1. The molecule has 0 radical (unpaired) electrons. The second-order valence-corrected chi connectivity index (χ2v) is 6.64. The minimum atomic E-state index is -0.0588. The lowest BCUT2D eigenvalue weighted by Gasteiger charge is -2.34. The van der Waals surface area contributed by atoms with Crippen LogP contribution in [-0.4, -0.2) is 55.0 Å². The number of nitrogens with zero attached hydrogens (tertiary/aromatic N) is 1. The maximum absolute atomic E-state index is 12.4. The van der Waals surface area contributed by atoms with Crippen LogP contribution in [0.1, 0.15) is 43.2 Å². The van der Waals surface area contributed by atoms with Crippen molar-refractivity contribution in [3.05, 3.63) is 24.2 Å². The van der Waals surface area contributed by atoms with Crippen molar-refractivity contribution < 1.29 is 18.9 Å². The van der Waals surface area contributed by atoms with Gasteiger partial charge in [-0.25, -0.2) is 0 Å². The van der Waals surface area contributed by atoms with E-state index in [0.717, 1.165) is 25.9 Å². The number of hydrogen-bond donors (Lipinski definition) is 2. The van der Waals surface area contributed by atoms with Gasteiger partial charge in [0.2, 0.25) is 0 Å². The van der Waals surface area contributed by atoms with Crippen LogP contribution in [0.3, 0.4) is 0 Å². The molecule has 1 aliphatic carbocycles. The Kier molecular flexibility index (Phi) is 5.00. The summed E-state index contributed by atoms with van der Waals surface area (Å²) < 4.78 is 5.17. The van der Waals surface area contributed by atoms with Crippen LogP contribution in [0.15, 0.2) is 22.8 Å². The molecule has 2 N–H and O–H groups in total. The van der Waals surface area contributed by atoms with Gasteiger partial charge in [-0.2, -0.15) is 0 Å². The number of piperazine rings is 1. The molecule has 2 heterocycles. The van der Waals surface area contributed by atoms with E-state index in [9.17, 15) is 9.59 Å². The smallest absolute Gasteiger partial charge is 0.289 e. The monoisotopic (exact) mass is 320 g/mol. The Morgan fingerprint density at radius 3 is 2.61 bits per heavy atom. The van der Waals surface area contributed by atoms with Gasteiger partial charge in [-0.05, 0) is 31.9 Å². The molecular weight excluding hydrogens is 294 g/mol. The molecule has 0 aromatic carbocycles. The van der Waals surface area contributed by atoms with E-state index in [4.69, 9.17) is 4.42 Å². The molecule has 126 valence electrons. The minimum Gasteiger partial charge on any atom is -0.459 e. The predicted molar refractivity (Wildman–Crippen MR) is 85.2 cm³/mol. The van der Waals surface area contributed by atoms with Crippen LogP contribution in [0, 0.1) is 0 Å². The highest BCUT2D eigenvalue weighted by Gasteiger charge is 2.32. The lowest BCUT2D eigenvalue weighted by molar-refractivity contribution is -0.917. The molecule has 1 atom stereocenters. The van der Waals surface area contributed by atoms with Crippen molar-refractivity contribution in [1.29, 1.82) is 0 Å². The number of nitrogens with one attached hydrogen (secondary N) is 2. The zero-order valence-electron chi connectivity index (χ0n) is 13.7. The highest BCUT2D eigenvalue weighted by atomic mass is 16.3. The quantitative estimate of drug-likeness (QED) is 0.825. The predicted octanol–water partition coefficient (Wildman–Crippen LogP) is 0.0676. The first-order valence-corrected chi connectivity index (χ1v) is 8.63. The molecule has 6 nitrogen and oxygen atoms in total. The van der Waals surface area contributed by atoms with Crippen molar-refractivity contribution in [3.63, 3.8) is 0 Å². The molecule has 23 heavy (non-hydrogen) atoms. The van der Waals surface area contributed by atoms with Crippen LogP contribution in [-0.2, 0) is 4.79 Å². The average Bonchev–Trinajstić information content (AvgIpc) is 3.27. The van der Waals surface area contributed by atoms with Gasteiger partial charge >= 0.3 is 0 Å². The zero-order chi connectivity index (χ0) is 16.2. The van der Waals surface area contributed by atoms with Crippen LogP contribution >= 0.6 is 0 Å². The largest absolute Gasteiger partial charge is 0.459 e. The maximum atomic E-state index is 12.4. The number of rotatable bonds is 4. The molecule has 1 aromatic rings. The second kappa shape index (κ2) is 7.17. The molecular formula is C17H26N3O3+. The van der Waals surface area contributed by atoms with Crippen LogP contribution < -0.4 is 10.2 Å². The van der Waals surface area contributed by atoms with Crippen LogP contribution in [0.25, 0.3) is 0 Å². The second-order valence-electron chi connectivity index (χ2n) is 6.64. The molecule has 2 amide bonds. The Labute approximate surface area is 136 Å². The Morgan fingerprint density at radius 2 is 2.00 bits per heavy atom. The van der Waals surface area contributed by atoms with E-state index in [1.54, 1.807) is 12.1 Å². The van der Waals surface area contributed by atoms with Crippen molar-refractivity contribution >= 4 is 11.8 Å². The molecule has 1 aromatic heterocycles. The SMILES string of the molecule is C[C@@H](C(=O)NC1CCCC1)[NH+]1CCN(C(=O)c2ccco2)CC1. The Balaban J connectivity index is 1.48. The summed E-state index contributed by atoms with van der Waals surface area (Å²) in [6, 6.07) is 3.73. The summed E-state index contributed by atoms with van der Waals surface area (Å²) in [5.41, 5.74) is 0. The fourth-order valence-corrected chi connectivity index (χ4v) is 3.57. The normalized spacial score (nSPS) is 21.3. The van der Waals surface area contributed by atoms with Gasteiger partial charge in [-0.15, -0.1) is 0 Å². The first-order valence-electron chi connectivity index (χ1n) is 8.63. The van der Waals surface area contributed by atoms with Gasteiger partial charge in [0.25, 0.3) is 11.8 Å². The lowest BCUT2D eigenvalue weighted by atomic mass is 10.2. The first-order chi connectivity index (χ1) is 11.1. The van der Waals surface area contributed by atoms with Crippen LogP contribution in [0.4, 0.5) is 0 Å². The summed E-state index contributed by atoms with van der Waals surface area (Å²) in [6.45, 7) is 4.91. The van der Waals surface area contributed by atoms with Gasteiger partial charge in [-0.3, -0.25) is 9.59 Å². The van der Waals surface area contributed by atoms with E-state index in [0.29, 0.717) is 24.9 Å². The van der Waals surface area contributed by atoms with Crippen molar-refractivity contribution in [3.8, 4) is 0 Å². The third-order valence-electron chi connectivity index (χ3n) is 5.13. The molecule has 6 heteroatoms. The summed E-state index contributed by atoms with van der Waals surface area (Å²) >= 11 is 0. The van der Waals surface area contributed by atoms with E-state index in [1.165, 1.54) is 24.0 Å². The molecule has 1 aliphatic heterocycles. The molecule has 2 aliphatic rings. The number of amides is 2. The van der Waals surface area contributed by atoms with Crippen molar-refractivity contribution in [1.82, 2.24) is 10.2 Å². The Morgan fingerprint density at radius 1 is 1.30 bits per heavy atom. The van der Waals surface area contributed by atoms with Crippen LogP contribution in [0.2, 0.25) is 0 Å². The third-order valence-corrected chi connectivity index (χ3v) is 5.13. The number of hydrogen-bond acceptors (Lipinski definition) is 3. The maximum Gasteiger partial charge on any atom is 0.289 e. The lowest BCUT2D eigenvalue weighted by Crippen LogP contribution is -3.19. The van der Waals surface area contributed by atoms with Gasteiger partial charge in [-0.1, -0.05) is 12.8 Å². The van der Waals surface area contributed by atoms with E-state index < -0.39 is 0 Å². The van der Waals surface area contributed by atoms with Crippen molar-refractivity contribution in [2.24, 2.45) is 0 Å². The molecule has 0 bridgehead atoms. The number of carbonyl (C=O) groups excluding carboxylic acids is 2. The minimum absolute atomic E-state index is 0.0582. The van der Waals surface area contributed by atoms with Gasteiger partial charge in [0.1, 0.15) is 0 Å². The fourth-order valence-electron chi connectivity index (χ4n) is 3.57. The third kappa shape index (κ3) is 3.75. The van der Waals surface area contributed by atoms with Gasteiger partial charge in [0, 0.05) is 6.04 Å². The van der Waals surface area contributed by atoms with E-state index in [1.807, 2.05) is 11.8 Å². The Hall–Kier alpha value is -1.82. The van der Waals surface area contributed by atoms with Gasteiger partial charge < -0.3 is 19.5 Å². The summed E-state index contributed by atoms with van der Waals surface area (Å²) in [5.74, 6) is 0.482. The topological polar surface area (TPSA) is 67.0 Å². The summed E-state index contributed by atoms with van der Waals surface area (Å²) in [5, 5.41) is 3.18. The molecule has 0 unspecified atom stereocenters. The Bertz CT molecular complexity index is 529. The summed E-state index contributed by atoms with van der Waals surface area (Å²) in [7, 11) is 0. The van der Waals surface area contributed by atoms with E-state index in [-0.39, 0.29) is 17.9 Å². The van der Waals surface area contributed by atoms with Gasteiger partial charge in [0.15, 0.2) is 11.8 Å². The number of carbonyl (C=O) groups is 2. The standard InChI is InChI=1S/C17H25N3O3/c1-13(16(21)18-14-5-2-3-6-14)19-8-10-20(11-9-19)17(22)15-7-4-12-23-15/h4,7,12-14H,2-3,5-6,8-11H2,1H3,(H,18,21)/p+1/t13-/m0/s1. The number of quaternary nitrogens is 1. The summed E-state index contributed by atoms with van der Waals surface area (Å²) in [4.78, 5) is 27.7. The highest BCUT2D eigenvalue weighted by Crippen LogP contribution is 2.17. The first kappa shape index (κ1) is 16.1. The van der Waals surface area contributed by atoms with Crippen LogP contribution in [0.5, 0.6) is 0 Å². The summed E-state index contributed by atoms with van der Waals surface area (Å²) in [6.07, 6.45) is 6.18. The molecule has 2 fully saturated rings. The van der Waals surface area contributed by atoms with Crippen molar-refractivity contribution in [2.45, 2.75) is 44.7 Å². The molecule has 3 rings (SSSR count). The molecule has 1 saturated heterocycles.